The number of rotatable bonds is 4. The highest BCUT2D eigenvalue weighted by Gasteiger charge is 2.61. The molecule has 0 aromatic heterocycles. The minimum absolute atomic E-state index is 0.324. The Kier molecular flexibility index (Phi) is 5.25. The molecule has 4 saturated carbocycles. The van der Waals surface area contributed by atoms with Crippen molar-refractivity contribution in [2.24, 2.45) is 34.5 Å². The molecule has 4 fully saturated rings. The number of hydrogen-bond acceptors (Lipinski definition) is 3. The van der Waals surface area contributed by atoms with E-state index in [0.717, 1.165) is 37.0 Å². The lowest BCUT2D eigenvalue weighted by atomic mass is 9.44. The van der Waals surface area contributed by atoms with Gasteiger partial charge in [-0.15, -0.1) is 0 Å². The van der Waals surface area contributed by atoms with Gasteiger partial charge < -0.3 is 14.9 Å². The fourth-order valence-electron chi connectivity index (χ4n) is 8.11. The molecule has 0 heterocycles. The standard InChI is InChI=1S/C25H44O3/c1-22(2,26)14-15-28-21-9-8-19-18-7-6-17-16-23(3,27)12-13-24(17,4)20(18)10-11-25(19,21)5/h17-21,26-27H,6-16H2,1-5H3/t17?,18-,19-,20-,21-,23-,24-,25-/m0/s1. The van der Waals surface area contributed by atoms with Crippen LogP contribution in [-0.4, -0.2) is 34.1 Å². The maximum atomic E-state index is 10.7. The molecule has 4 rings (SSSR count). The van der Waals surface area contributed by atoms with Crippen molar-refractivity contribution in [2.75, 3.05) is 6.61 Å². The molecular formula is C25H44O3. The van der Waals surface area contributed by atoms with Crippen molar-refractivity contribution >= 4 is 0 Å². The van der Waals surface area contributed by atoms with Gasteiger partial charge in [0.05, 0.1) is 17.3 Å². The topological polar surface area (TPSA) is 49.7 Å². The zero-order valence-corrected chi connectivity index (χ0v) is 19.0. The van der Waals surface area contributed by atoms with Gasteiger partial charge in [0.25, 0.3) is 0 Å². The number of ether oxygens (including phenoxy) is 1. The van der Waals surface area contributed by atoms with E-state index in [4.69, 9.17) is 4.74 Å². The second kappa shape index (κ2) is 6.95. The lowest BCUT2D eigenvalue weighted by Crippen LogP contribution is -2.56. The summed E-state index contributed by atoms with van der Waals surface area (Å²) < 4.78 is 6.40. The minimum Gasteiger partial charge on any atom is -0.390 e. The van der Waals surface area contributed by atoms with Crippen LogP contribution in [0.2, 0.25) is 0 Å². The Morgan fingerprint density at radius 1 is 0.893 bits per heavy atom. The Hall–Kier alpha value is -0.120. The summed E-state index contributed by atoms with van der Waals surface area (Å²) >= 11 is 0. The third-order valence-corrected chi connectivity index (χ3v) is 9.90. The summed E-state index contributed by atoms with van der Waals surface area (Å²) in [6.07, 6.45) is 12.1. The molecule has 0 bridgehead atoms. The van der Waals surface area contributed by atoms with Crippen LogP contribution in [0, 0.1) is 34.5 Å². The summed E-state index contributed by atoms with van der Waals surface area (Å²) in [5.41, 5.74) is -0.310. The predicted molar refractivity (Wildman–Crippen MR) is 113 cm³/mol. The molecule has 162 valence electrons. The van der Waals surface area contributed by atoms with E-state index in [1.165, 1.54) is 44.9 Å². The van der Waals surface area contributed by atoms with Crippen molar-refractivity contribution in [3.8, 4) is 0 Å². The van der Waals surface area contributed by atoms with Gasteiger partial charge in [-0.1, -0.05) is 13.8 Å². The van der Waals surface area contributed by atoms with E-state index in [0.29, 0.717) is 29.5 Å². The molecule has 28 heavy (non-hydrogen) atoms. The summed E-state index contributed by atoms with van der Waals surface area (Å²) in [5, 5.41) is 20.7. The highest BCUT2D eigenvalue weighted by molar-refractivity contribution is 5.10. The van der Waals surface area contributed by atoms with E-state index in [2.05, 4.69) is 20.8 Å². The Morgan fingerprint density at radius 2 is 1.61 bits per heavy atom. The van der Waals surface area contributed by atoms with E-state index in [1.54, 1.807) is 0 Å². The van der Waals surface area contributed by atoms with Crippen LogP contribution < -0.4 is 0 Å². The van der Waals surface area contributed by atoms with Gasteiger partial charge >= 0.3 is 0 Å². The van der Waals surface area contributed by atoms with Gasteiger partial charge in [-0.3, -0.25) is 0 Å². The summed E-state index contributed by atoms with van der Waals surface area (Å²) in [5.74, 6) is 3.21. The first-order valence-corrected chi connectivity index (χ1v) is 12.0. The molecule has 3 nitrogen and oxygen atoms in total. The molecule has 0 spiro atoms. The second-order valence-electron chi connectivity index (χ2n) is 12.4. The maximum Gasteiger partial charge on any atom is 0.0631 e. The third-order valence-electron chi connectivity index (χ3n) is 9.90. The smallest absolute Gasteiger partial charge is 0.0631 e. The van der Waals surface area contributed by atoms with E-state index in [-0.39, 0.29) is 0 Å². The molecule has 0 aromatic rings. The van der Waals surface area contributed by atoms with Crippen LogP contribution in [0.15, 0.2) is 0 Å². The van der Waals surface area contributed by atoms with Crippen LogP contribution in [0.5, 0.6) is 0 Å². The van der Waals surface area contributed by atoms with E-state index < -0.39 is 11.2 Å². The average Bonchev–Trinajstić information content (AvgIpc) is 2.91. The Bertz CT molecular complexity index is 579. The van der Waals surface area contributed by atoms with Crippen LogP contribution in [0.4, 0.5) is 0 Å². The molecule has 0 aliphatic heterocycles. The molecule has 1 unspecified atom stereocenters. The van der Waals surface area contributed by atoms with Crippen molar-refractivity contribution in [3.63, 3.8) is 0 Å². The lowest BCUT2D eigenvalue weighted by Gasteiger charge is -2.61. The Balaban J connectivity index is 1.46. The second-order valence-corrected chi connectivity index (χ2v) is 12.4. The quantitative estimate of drug-likeness (QED) is 0.680. The molecule has 4 aliphatic rings. The van der Waals surface area contributed by atoms with Crippen molar-refractivity contribution in [1.82, 2.24) is 0 Å². The highest BCUT2D eigenvalue weighted by atomic mass is 16.5. The number of hydrogen-bond donors (Lipinski definition) is 2. The molecule has 2 N–H and O–H groups in total. The van der Waals surface area contributed by atoms with Crippen molar-refractivity contribution in [3.05, 3.63) is 0 Å². The summed E-state index contributed by atoms with van der Waals surface area (Å²) in [6, 6.07) is 0. The molecule has 0 saturated heterocycles. The van der Waals surface area contributed by atoms with Gasteiger partial charge in [0.15, 0.2) is 0 Å². The first-order chi connectivity index (χ1) is 12.9. The summed E-state index contributed by atoms with van der Waals surface area (Å²) in [4.78, 5) is 0. The molecule has 8 atom stereocenters. The van der Waals surface area contributed by atoms with Crippen LogP contribution in [0.3, 0.4) is 0 Å². The maximum absolute atomic E-state index is 10.7. The zero-order valence-electron chi connectivity index (χ0n) is 19.0. The van der Waals surface area contributed by atoms with Crippen LogP contribution in [0.1, 0.15) is 98.8 Å². The monoisotopic (exact) mass is 392 g/mol. The third kappa shape index (κ3) is 3.58. The van der Waals surface area contributed by atoms with Crippen molar-refractivity contribution in [1.29, 1.82) is 0 Å². The predicted octanol–water partition coefficient (Wildman–Crippen LogP) is 5.33. The molecule has 0 amide bonds. The van der Waals surface area contributed by atoms with E-state index >= 15 is 0 Å². The average molecular weight is 393 g/mol. The number of aliphatic hydroxyl groups is 2. The zero-order chi connectivity index (χ0) is 20.4. The molecular weight excluding hydrogens is 348 g/mol. The molecule has 3 heteroatoms. The minimum atomic E-state index is -0.633. The number of fused-ring (bicyclic) bond motifs is 5. The SMILES string of the molecule is CC(C)(O)CCO[C@H]1CC[C@H]2[C@@H]3CCC4C[C@@](C)(O)CC[C@]4(C)[C@H]3CC[C@]12C. The van der Waals surface area contributed by atoms with Gasteiger partial charge in [-0.25, -0.2) is 0 Å². The van der Waals surface area contributed by atoms with Gasteiger partial charge in [-0.05, 0) is 119 Å². The largest absolute Gasteiger partial charge is 0.390 e. The Labute approximate surface area is 172 Å². The molecule has 0 radical (unpaired) electrons. The molecule has 0 aromatic carbocycles. The summed E-state index contributed by atoms with van der Waals surface area (Å²) in [6.45, 7) is 11.6. The van der Waals surface area contributed by atoms with Gasteiger partial charge in [-0.2, -0.15) is 0 Å². The highest BCUT2D eigenvalue weighted by Crippen LogP contribution is 2.67. The normalized spacial score (nSPS) is 51.3. The lowest BCUT2D eigenvalue weighted by molar-refractivity contribution is -0.156. The fourth-order valence-corrected chi connectivity index (χ4v) is 8.11. The Morgan fingerprint density at radius 3 is 2.32 bits per heavy atom. The van der Waals surface area contributed by atoms with Crippen LogP contribution >= 0.6 is 0 Å². The van der Waals surface area contributed by atoms with Gasteiger partial charge in [0.1, 0.15) is 0 Å². The van der Waals surface area contributed by atoms with E-state index in [9.17, 15) is 10.2 Å². The van der Waals surface area contributed by atoms with Crippen molar-refractivity contribution in [2.45, 2.75) is 116 Å². The first-order valence-electron chi connectivity index (χ1n) is 12.0. The van der Waals surface area contributed by atoms with Crippen molar-refractivity contribution < 1.29 is 14.9 Å². The first kappa shape index (κ1) is 21.1. The van der Waals surface area contributed by atoms with Gasteiger partial charge in [0, 0.05) is 6.61 Å². The summed E-state index contributed by atoms with van der Waals surface area (Å²) in [7, 11) is 0. The van der Waals surface area contributed by atoms with Gasteiger partial charge in [0.2, 0.25) is 0 Å². The van der Waals surface area contributed by atoms with Crippen LogP contribution in [-0.2, 0) is 4.74 Å². The van der Waals surface area contributed by atoms with E-state index in [1.807, 2.05) is 13.8 Å². The fraction of sp³-hybridized carbons (Fsp3) is 1.00. The van der Waals surface area contributed by atoms with Crippen LogP contribution in [0.25, 0.3) is 0 Å². The molecule has 4 aliphatic carbocycles.